The van der Waals surface area contributed by atoms with Crippen molar-refractivity contribution in [3.8, 4) is 0 Å². The lowest BCUT2D eigenvalue weighted by Gasteiger charge is -2.18. The van der Waals surface area contributed by atoms with E-state index in [0.29, 0.717) is 19.4 Å². The number of carbonyl (C=O) groups is 2. The first kappa shape index (κ1) is 64.3. The Bertz CT molecular complexity index is 1390. The molecule has 0 aliphatic carbocycles. The summed E-state index contributed by atoms with van der Waals surface area (Å²) < 4.78 is 17.4. The van der Waals surface area contributed by atoms with Gasteiger partial charge in [0.25, 0.3) is 0 Å². The summed E-state index contributed by atoms with van der Waals surface area (Å²) >= 11 is 0. The van der Waals surface area contributed by atoms with Crippen molar-refractivity contribution in [2.24, 2.45) is 0 Å². The van der Waals surface area contributed by atoms with Crippen molar-refractivity contribution >= 4 is 11.9 Å². The zero-order valence-corrected chi connectivity index (χ0v) is 44.3. The molecule has 0 fully saturated rings. The Kier molecular flexibility index (Phi) is 54.5. The second kappa shape index (κ2) is 57.6. The van der Waals surface area contributed by atoms with Crippen LogP contribution in [0.15, 0.2) is 122 Å². The minimum atomic E-state index is -0.572. The topological polar surface area (TPSA) is 61.8 Å². The molecular weight excluding hydrogens is 837 g/mol. The van der Waals surface area contributed by atoms with Crippen molar-refractivity contribution in [2.45, 2.75) is 245 Å². The Hall–Kier alpha value is -3.70. The number of hydrogen-bond donors (Lipinski definition) is 0. The lowest BCUT2D eigenvalue weighted by Crippen LogP contribution is -2.30. The van der Waals surface area contributed by atoms with Gasteiger partial charge < -0.3 is 14.2 Å². The van der Waals surface area contributed by atoms with Crippen LogP contribution in [0.25, 0.3) is 0 Å². The molecule has 0 aromatic heterocycles. The highest BCUT2D eigenvalue weighted by atomic mass is 16.6. The number of hydrogen-bond acceptors (Lipinski definition) is 5. The van der Waals surface area contributed by atoms with Crippen molar-refractivity contribution in [1.29, 1.82) is 0 Å². The molecule has 0 saturated carbocycles. The molecule has 1 unspecified atom stereocenters. The zero-order valence-electron chi connectivity index (χ0n) is 44.3. The summed E-state index contributed by atoms with van der Waals surface area (Å²) in [6, 6.07) is 0. The highest BCUT2D eigenvalue weighted by molar-refractivity contribution is 5.70. The molecule has 68 heavy (non-hydrogen) atoms. The van der Waals surface area contributed by atoms with Crippen LogP contribution in [0.1, 0.15) is 239 Å². The number of esters is 2. The van der Waals surface area contributed by atoms with E-state index in [0.717, 1.165) is 122 Å². The maximum Gasteiger partial charge on any atom is 0.306 e. The monoisotopic (exact) mass is 941 g/mol. The minimum Gasteiger partial charge on any atom is -0.462 e. The van der Waals surface area contributed by atoms with Crippen molar-refractivity contribution in [3.63, 3.8) is 0 Å². The van der Waals surface area contributed by atoms with E-state index in [4.69, 9.17) is 14.2 Å². The van der Waals surface area contributed by atoms with Gasteiger partial charge in [-0.25, -0.2) is 0 Å². The highest BCUT2D eigenvalue weighted by Crippen LogP contribution is 2.13. The third-order valence-corrected chi connectivity index (χ3v) is 11.4. The van der Waals surface area contributed by atoms with Crippen LogP contribution in [-0.4, -0.2) is 37.9 Å². The first-order chi connectivity index (χ1) is 33.6. The van der Waals surface area contributed by atoms with Crippen LogP contribution in [0, 0.1) is 0 Å². The summed E-state index contributed by atoms with van der Waals surface area (Å²) in [7, 11) is 0. The molecule has 386 valence electrons. The van der Waals surface area contributed by atoms with Crippen LogP contribution in [0.4, 0.5) is 0 Å². The summed E-state index contributed by atoms with van der Waals surface area (Å²) in [6.07, 6.45) is 80.7. The standard InChI is InChI=1S/C63H104O5/c1-4-7-10-13-16-19-22-25-27-29-31-33-35-37-40-43-46-49-52-55-58-66-59-61(68-63(65)57-54-51-48-45-42-38-24-21-18-15-12-9-6-3)60-67-62(64)56-53-50-47-44-41-39-36-34-32-30-28-26-23-20-17-14-11-8-5-2/h8,11-12,15-17,19-21,24-28,31-34,39,41,61H,4-7,9-10,13-14,18,22-23,29-30,35-38,40,42-60H2,1-3H3/b11-8-,15-12-,19-16-,20-17-,24-21-,27-25-,28-26-,33-31-,34-32-,41-39-. The molecular formula is C63H104O5. The Balaban J connectivity index is 4.37. The molecule has 0 aliphatic rings. The second-order valence-corrected chi connectivity index (χ2v) is 18.1. The van der Waals surface area contributed by atoms with Crippen molar-refractivity contribution in [2.75, 3.05) is 19.8 Å². The Morgan fingerprint density at radius 3 is 1.13 bits per heavy atom. The van der Waals surface area contributed by atoms with Gasteiger partial charge in [0.15, 0.2) is 6.10 Å². The van der Waals surface area contributed by atoms with Gasteiger partial charge in [-0.2, -0.15) is 0 Å². The molecule has 0 aromatic rings. The molecule has 0 N–H and O–H groups in total. The molecule has 5 nitrogen and oxygen atoms in total. The number of ether oxygens (including phenoxy) is 3. The van der Waals surface area contributed by atoms with Gasteiger partial charge in [0.1, 0.15) is 6.61 Å². The average molecular weight is 942 g/mol. The normalized spacial score (nSPS) is 13.2. The summed E-state index contributed by atoms with van der Waals surface area (Å²) in [5.41, 5.74) is 0. The van der Waals surface area contributed by atoms with E-state index in [1.807, 2.05) is 0 Å². The molecule has 0 spiro atoms. The van der Waals surface area contributed by atoms with E-state index in [1.165, 1.54) is 83.5 Å². The first-order valence-corrected chi connectivity index (χ1v) is 28.1. The van der Waals surface area contributed by atoms with E-state index >= 15 is 0 Å². The third-order valence-electron chi connectivity index (χ3n) is 11.4. The fourth-order valence-electron chi connectivity index (χ4n) is 7.29. The molecule has 0 radical (unpaired) electrons. The lowest BCUT2D eigenvalue weighted by atomic mass is 10.1. The number of carbonyl (C=O) groups excluding carboxylic acids is 2. The third kappa shape index (κ3) is 54.9. The molecule has 0 amide bonds. The predicted octanol–water partition coefficient (Wildman–Crippen LogP) is 19.3. The highest BCUT2D eigenvalue weighted by Gasteiger charge is 2.17. The van der Waals surface area contributed by atoms with Crippen molar-refractivity contribution in [1.82, 2.24) is 0 Å². The maximum atomic E-state index is 12.8. The van der Waals surface area contributed by atoms with Crippen molar-refractivity contribution in [3.05, 3.63) is 122 Å². The van der Waals surface area contributed by atoms with Gasteiger partial charge in [-0.3, -0.25) is 9.59 Å². The molecule has 0 rings (SSSR count). The molecule has 0 saturated heterocycles. The van der Waals surface area contributed by atoms with Gasteiger partial charge in [-0.05, 0) is 128 Å². The SMILES string of the molecule is CC/C=C\C/C=C\C/C=C\C/C=C\C/C=C\CCCCCC(=O)OCC(COCCCCCCCCC/C=C\C/C=C\C/C=C\CCCCC)OC(=O)CCCCCCC/C=C\C/C=C\CCC. The maximum absolute atomic E-state index is 12.8. The molecule has 5 heteroatoms. The predicted molar refractivity (Wildman–Crippen MR) is 297 cm³/mol. The minimum absolute atomic E-state index is 0.0509. The van der Waals surface area contributed by atoms with Gasteiger partial charge in [-0.1, -0.05) is 219 Å². The van der Waals surface area contributed by atoms with Gasteiger partial charge >= 0.3 is 11.9 Å². The number of rotatable bonds is 50. The summed E-state index contributed by atoms with van der Waals surface area (Å²) in [5, 5.41) is 0. The second-order valence-electron chi connectivity index (χ2n) is 18.1. The largest absolute Gasteiger partial charge is 0.462 e. The fourth-order valence-corrected chi connectivity index (χ4v) is 7.29. The van der Waals surface area contributed by atoms with Crippen LogP contribution in [0.2, 0.25) is 0 Å². The average Bonchev–Trinajstić information content (AvgIpc) is 3.34. The molecule has 0 aromatic carbocycles. The van der Waals surface area contributed by atoms with Gasteiger partial charge in [0, 0.05) is 19.4 Å². The molecule has 0 bridgehead atoms. The Labute approximate surface area is 420 Å². The summed E-state index contributed by atoms with van der Waals surface area (Å²) in [4.78, 5) is 25.5. The van der Waals surface area contributed by atoms with Crippen LogP contribution in [-0.2, 0) is 23.8 Å². The Morgan fingerprint density at radius 1 is 0.338 bits per heavy atom. The van der Waals surface area contributed by atoms with E-state index in [1.54, 1.807) is 0 Å². The molecule has 0 heterocycles. The first-order valence-electron chi connectivity index (χ1n) is 28.1. The van der Waals surface area contributed by atoms with Gasteiger partial charge in [-0.15, -0.1) is 0 Å². The zero-order chi connectivity index (χ0) is 49.2. The van der Waals surface area contributed by atoms with Crippen LogP contribution in [0.3, 0.4) is 0 Å². The molecule has 0 aliphatic heterocycles. The van der Waals surface area contributed by atoms with E-state index < -0.39 is 6.10 Å². The van der Waals surface area contributed by atoms with E-state index in [-0.39, 0.29) is 25.2 Å². The summed E-state index contributed by atoms with van der Waals surface area (Å²) in [6.45, 7) is 7.55. The van der Waals surface area contributed by atoms with Crippen molar-refractivity contribution < 1.29 is 23.8 Å². The van der Waals surface area contributed by atoms with Crippen LogP contribution >= 0.6 is 0 Å². The molecule has 1 atom stereocenters. The number of allylic oxidation sites excluding steroid dienone is 20. The van der Waals surface area contributed by atoms with E-state index in [9.17, 15) is 9.59 Å². The van der Waals surface area contributed by atoms with Gasteiger partial charge in [0.05, 0.1) is 6.61 Å². The van der Waals surface area contributed by atoms with E-state index in [2.05, 4.69) is 142 Å². The smallest absolute Gasteiger partial charge is 0.306 e. The van der Waals surface area contributed by atoms with Gasteiger partial charge in [0.2, 0.25) is 0 Å². The number of unbranched alkanes of at least 4 members (excludes halogenated alkanes) is 19. The Morgan fingerprint density at radius 2 is 0.691 bits per heavy atom. The fraction of sp³-hybridized carbons (Fsp3) is 0.651. The lowest BCUT2D eigenvalue weighted by molar-refractivity contribution is -0.163. The van der Waals surface area contributed by atoms with Crippen LogP contribution < -0.4 is 0 Å². The summed E-state index contributed by atoms with van der Waals surface area (Å²) in [5.74, 6) is -0.462. The van der Waals surface area contributed by atoms with Crippen LogP contribution in [0.5, 0.6) is 0 Å². The quantitative estimate of drug-likeness (QED) is 0.0345.